The fourth-order valence-electron chi connectivity index (χ4n) is 2.84. The summed E-state index contributed by atoms with van der Waals surface area (Å²) < 4.78 is 0. The molecule has 1 fully saturated rings. The lowest BCUT2D eigenvalue weighted by atomic mass is 9.85. The number of nitro groups is 1. The highest BCUT2D eigenvalue weighted by molar-refractivity contribution is 5.90. The molecule has 2 atom stereocenters. The van der Waals surface area contributed by atoms with E-state index >= 15 is 0 Å². The zero-order valence-electron chi connectivity index (χ0n) is 12.5. The van der Waals surface area contributed by atoms with Gasteiger partial charge in [-0.15, -0.1) is 0 Å². The summed E-state index contributed by atoms with van der Waals surface area (Å²) in [6, 6.07) is 3.93. The number of nitrogens with zero attached hydrogens (tertiary/aromatic N) is 1. The average molecular weight is 307 g/mol. The molecule has 0 spiro atoms. The fraction of sp³-hybridized carbons (Fsp3) is 0.533. The summed E-state index contributed by atoms with van der Waals surface area (Å²) in [5.74, 6) is 0.0949. The maximum atomic E-state index is 12.1. The number of carbonyl (C=O) groups is 1. The molecule has 1 aromatic rings. The molecule has 0 aromatic heterocycles. The van der Waals surface area contributed by atoms with Crippen LogP contribution in [-0.2, 0) is 0 Å². The Morgan fingerprint density at radius 2 is 2.14 bits per heavy atom. The Morgan fingerprint density at radius 3 is 2.77 bits per heavy atom. The van der Waals surface area contributed by atoms with Crippen LogP contribution in [0.1, 0.15) is 31.2 Å². The quantitative estimate of drug-likeness (QED) is 0.587. The molecule has 22 heavy (non-hydrogen) atoms. The van der Waals surface area contributed by atoms with E-state index in [0.717, 1.165) is 25.7 Å². The number of aliphatic hydroxyl groups is 1. The van der Waals surface area contributed by atoms with Crippen LogP contribution in [0.3, 0.4) is 0 Å². The van der Waals surface area contributed by atoms with Gasteiger partial charge in [0, 0.05) is 36.4 Å². The molecule has 1 aliphatic carbocycles. The predicted octanol–water partition coefficient (Wildman–Crippen LogP) is 2.58. The van der Waals surface area contributed by atoms with Crippen molar-refractivity contribution in [3.05, 3.63) is 33.9 Å². The molecule has 0 aliphatic heterocycles. The van der Waals surface area contributed by atoms with E-state index in [0.29, 0.717) is 11.3 Å². The highest BCUT2D eigenvalue weighted by Crippen LogP contribution is 2.25. The van der Waals surface area contributed by atoms with E-state index in [-0.39, 0.29) is 30.3 Å². The Labute approximate surface area is 128 Å². The van der Waals surface area contributed by atoms with Crippen molar-refractivity contribution in [2.45, 2.75) is 38.6 Å². The Morgan fingerprint density at radius 1 is 1.41 bits per heavy atom. The Kier molecular flexibility index (Phi) is 5.32. The molecule has 3 N–H and O–H groups in total. The lowest BCUT2D eigenvalue weighted by Gasteiger charge is -2.30. The van der Waals surface area contributed by atoms with Crippen LogP contribution >= 0.6 is 0 Å². The molecule has 0 heterocycles. The molecule has 7 nitrogen and oxygen atoms in total. The smallest absolute Gasteiger partial charge is 0.319 e. The van der Waals surface area contributed by atoms with Crippen LogP contribution in [0.4, 0.5) is 16.2 Å². The summed E-state index contributed by atoms with van der Waals surface area (Å²) in [5.41, 5.74) is 1.17. The lowest BCUT2D eigenvalue weighted by molar-refractivity contribution is -0.384. The number of nitrogens with one attached hydrogen (secondary N) is 2. The molecule has 120 valence electrons. The number of benzene rings is 1. The van der Waals surface area contributed by atoms with Gasteiger partial charge in [0.25, 0.3) is 5.69 Å². The van der Waals surface area contributed by atoms with Gasteiger partial charge in [-0.05, 0) is 31.4 Å². The van der Waals surface area contributed by atoms with Crippen molar-refractivity contribution >= 4 is 17.4 Å². The first-order chi connectivity index (χ1) is 10.5. The maximum absolute atomic E-state index is 12.1. The molecule has 0 radical (unpaired) electrons. The Bertz CT molecular complexity index is 562. The van der Waals surface area contributed by atoms with Crippen LogP contribution in [0.25, 0.3) is 0 Å². The molecular weight excluding hydrogens is 286 g/mol. The molecule has 1 aliphatic rings. The summed E-state index contributed by atoms with van der Waals surface area (Å²) in [6.07, 6.45) is 3.89. The van der Waals surface area contributed by atoms with Gasteiger partial charge in [0.05, 0.1) is 4.92 Å². The third-order valence-electron chi connectivity index (χ3n) is 4.13. The Balaban J connectivity index is 1.98. The third-order valence-corrected chi connectivity index (χ3v) is 4.13. The molecular formula is C15H21N3O4. The number of aliphatic hydroxyl groups excluding tert-OH is 1. The van der Waals surface area contributed by atoms with Gasteiger partial charge in [0.2, 0.25) is 0 Å². The third kappa shape index (κ3) is 3.94. The number of nitro benzene ring substituents is 1. The van der Waals surface area contributed by atoms with Gasteiger partial charge in [0.15, 0.2) is 0 Å². The lowest BCUT2D eigenvalue weighted by Crippen LogP contribution is -2.45. The fourth-order valence-corrected chi connectivity index (χ4v) is 2.84. The van der Waals surface area contributed by atoms with E-state index in [1.54, 1.807) is 6.92 Å². The van der Waals surface area contributed by atoms with Crippen molar-refractivity contribution in [1.29, 1.82) is 0 Å². The second kappa shape index (κ2) is 7.22. The molecule has 0 bridgehead atoms. The standard InChI is InChI=1S/C15H21N3O4/c1-10-8-12(18(21)22)6-7-13(10)16-15(20)17-14-5-3-2-4-11(14)9-19/h6-8,11,14,19H,2-5,9H2,1H3,(H2,16,17,20)/t11-,14-/m0/s1. The van der Waals surface area contributed by atoms with E-state index in [1.165, 1.54) is 18.2 Å². The summed E-state index contributed by atoms with van der Waals surface area (Å²) in [4.78, 5) is 22.3. The largest absolute Gasteiger partial charge is 0.396 e. The second-order valence-electron chi connectivity index (χ2n) is 5.69. The van der Waals surface area contributed by atoms with Crippen LogP contribution < -0.4 is 10.6 Å². The number of hydrogen-bond donors (Lipinski definition) is 3. The molecule has 2 amide bonds. The summed E-state index contributed by atoms with van der Waals surface area (Å²) >= 11 is 0. The van der Waals surface area contributed by atoms with E-state index in [9.17, 15) is 20.0 Å². The van der Waals surface area contributed by atoms with Crippen molar-refractivity contribution in [2.24, 2.45) is 5.92 Å². The van der Waals surface area contributed by atoms with Gasteiger partial charge in [-0.25, -0.2) is 4.79 Å². The zero-order chi connectivity index (χ0) is 16.1. The van der Waals surface area contributed by atoms with Crippen LogP contribution in [-0.4, -0.2) is 28.7 Å². The minimum atomic E-state index is -0.468. The zero-order valence-corrected chi connectivity index (χ0v) is 12.5. The number of amides is 2. The molecule has 1 aromatic carbocycles. The number of non-ortho nitro benzene ring substituents is 1. The van der Waals surface area contributed by atoms with E-state index < -0.39 is 4.92 Å². The van der Waals surface area contributed by atoms with Gasteiger partial charge >= 0.3 is 6.03 Å². The molecule has 2 rings (SSSR count). The molecule has 0 saturated heterocycles. The Hall–Kier alpha value is -2.15. The summed E-state index contributed by atoms with van der Waals surface area (Å²) in [7, 11) is 0. The number of aryl methyl sites for hydroxylation is 1. The normalized spacial score (nSPS) is 21.2. The van der Waals surface area contributed by atoms with Crippen molar-refractivity contribution in [3.8, 4) is 0 Å². The van der Waals surface area contributed by atoms with E-state index in [4.69, 9.17) is 0 Å². The number of carbonyl (C=O) groups excluding carboxylic acids is 1. The van der Waals surface area contributed by atoms with Crippen molar-refractivity contribution in [3.63, 3.8) is 0 Å². The van der Waals surface area contributed by atoms with Gasteiger partial charge in [-0.1, -0.05) is 12.8 Å². The highest BCUT2D eigenvalue weighted by Gasteiger charge is 2.25. The first-order valence-corrected chi connectivity index (χ1v) is 7.44. The van der Waals surface area contributed by atoms with Crippen LogP contribution in [0.5, 0.6) is 0 Å². The van der Waals surface area contributed by atoms with Gasteiger partial charge in [-0.3, -0.25) is 10.1 Å². The van der Waals surface area contributed by atoms with Crippen molar-refractivity contribution < 1.29 is 14.8 Å². The molecule has 7 heteroatoms. The SMILES string of the molecule is Cc1cc([N+](=O)[O-])ccc1NC(=O)N[C@H]1CCCC[C@H]1CO. The number of rotatable bonds is 4. The predicted molar refractivity (Wildman–Crippen MR) is 82.8 cm³/mol. The van der Waals surface area contributed by atoms with Gasteiger partial charge < -0.3 is 15.7 Å². The van der Waals surface area contributed by atoms with Crippen molar-refractivity contribution in [2.75, 3.05) is 11.9 Å². The van der Waals surface area contributed by atoms with Crippen LogP contribution in [0.15, 0.2) is 18.2 Å². The molecule has 0 unspecified atom stereocenters. The van der Waals surface area contributed by atoms with E-state index in [2.05, 4.69) is 10.6 Å². The average Bonchev–Trinajstić information content (AvgIpc) is 2.49. The monoisotopic (exact) mass is 307 g/mol. The summed E-state index contributed by atoms with van der Waals surface area (Å²) in [6.45, 7) is 1.78. The number of urea groups is 1. The van der Waals surface area contributed by atoms with Crippen LogP contribution in [0.2, 0.25) is 0 Å². The number of hydrogen-bond acceptors (Lipinski definition) is 4. The van der Waals surface area contributed by atoms with Gasteiger partial charge in [0.1, 0.15) is 0 Å². The number of anilines is 1. The van der Waals surface area contributed by atoms with E-state index in [1.807, 2.05) is 0 Å². The topological polar surface area (TPSA) is 105 Å². The van der Waals surface area contributed by atoms with Crippen LogP contribution in [0, 0.1) is 23.0 Å². The maximum Gasteiger partial charge on any atom is 0.319 e. The minimum absolute atomic E-state index is 0.00363. The minimum Gasteiger partial charge on any atom is -0.396 e. The first-order valence-electron chi connectivity index (χ1n) is 7.44. The summed E-state index contributed by atoms with van der Waals surface area (Å²) in [5, 5.41) is 25.7. The molecule has 1 saturated carbocycles. The van der Waals surface area contributed by atoms with Gasteiger partial charge in [-0.2, -0.15) is 0 Å². The highest BCUT2D eigenvalue weighted by atomic mass is 16.6. The van der Waals surface area contributed by atoms with Crippen molar-refractivity contribution in [1.82, 2.24) is 5.32 Å². The first kappa shape index (κ1) is 16.2. The second-order valence-corrected chi connectivity index (χ2v) is 5.69.